The van der Waals surface area contributed by atoms with Crippen LogP contribution in [0, 0.1) is 13.8 Å². The summed E-state index contributed by atoms with van der Waals surface area (Å²) >= 11 is 6.11. The Bertz CT molecular complexity index is 901. The quantitative estimate of drug-likeness (QED) is 0.571. The third-order valence-electron chi connectivity index (χ3n) is 5.58. The number of H-pyrrole nitrogens is 1. The molecule has 1 atom stereocenters. The molecule has 7 heteroatoms. The Balaban J connectivity index is 1.69. The van der Waals surface area contributed by atoms with Crippen LogP contribution in [-0.2, 0) is 4.74 Å². The van der Waals surface area contributed by atoms with Gasteiger partial charge in [-0.3, -0.25) is 9.69 Å². The summed E-state index contributed by atoms with van der Waals surface area (Å²) in [6.07, 6.45) is 0. The number of esters is 1. The third-order valence-corrected chi connectivity index (χ3v) is 5.81. The van der Waals surface area contributed by atoms with E-state index in [1.54, 1.807) is 20.8 Å². The smallest absolute Gasteiger partial charge is 0.340 e. The van der Waals surface area contributed by atoms with Crippen LogP contribution in [0.15, 0.2) is 24.3 Å². The highest BCUT2D eigenvalue weighted by molar-refractivity contribution is 6.30. The van der Waals surface area contributed by atoms with Gasteiger partial charge in [0.1, 0.15) is 0 Å². The van der Waals surface area contributed by atoms with Crippen molar-refractivity contribution in [1.29, 1.82) is 0 Å². The van der Waals surface area contributed by atoms with E-state index in [-0.39, 0.29) is 17.8 Å². The van der Waals surface area contributed by atoms with Crippen LogP contribution in [0.5, 0.6) is 0 Å². The lowest BCUT2D eigenvalue weighted by Gasteiger charge is -2.38. The number of aryl methyl sites for hydroxylation is 1. The maximum absolute atomic E-state index is 13.2. The zero-order chi connectivity index (χ0) is 21.1. The van der Waals surface area contributed by atoms with Crippen molar-refractivity contribution >= 4 is 29.0 Å². The predicted octanol–water partition coefficient (Wildman–Crippen LogP) is 3.86. The number of hydrogen-bond donors (Lipinski definition) is 1. The molecule has 0 unspecified atom stereocenters. The topological polar surface area (TPSA) is 65.6 Å². The maximum atomic E-state index is 13.2. The SMILES string of the molecule is CCOC(=O)c1c(C)[nH]c(C(=O)[C@@H](C)N2CCN(c3cccc(Cl)c3)CC2)c1C. The predicted molar refractivity (Wildman–Crippen MR) is 115 cm³/mol. The highest BCUT2D eigenvalue weighted by atomic mass is 35.5. The average Bonchev–Trinajstić information content (AvgIpc) is 3.01. The number of hydrogen-bond acceptors (Lipinski definition) is 5. The molecule has 1 fully saturated rings. The van der Waals surface area contributed by atoms with Crippen molar-refractivity contribution in [3.05, 3.63) is 51.8 Å². The maximum Gasteiger partial charge on any atom is 0.340 e. The summed E-state index contributed by atoms with van der Waals surface area (Å²) in [7, 11) is 0. The number of nitrogens with zero attached hydrogens (tertiary/aromatic N) is 2. The normalized spacial score (nSPS) is 16.0. The molecule has 0 radical (unpaired) electrons. The summed E-state index contributed by atoms with van der Waals surface area (Å²) in [6, 6.07) is 7.57. The van der Waals surface area contributed by atoms with E-state index < -0.39 is 0 Å². The first-order valence-electron chi connectivity index (χ1n) is 9.98. The molecule has 2 aromatic rings. The van der Waals surface area contributed by atoms with Crippen molar-refractivity contribution in [1.82, 2.24) is 9.88 Å². The molecule has 156 valence electrons. The summed E-state index contributed by atoms with van der Waals surface area (Å²) in [5.41, 5.74) is 3.40. The Morgan fingerprint density at radius 3 is 2.52 bits per heavy atom. The Morgan fingerprint density at radius 1 is 1.21 bits per heavy atom. The average molecular weight is 418 g/mol. The van der Waals surface area contributed by atoms with Crippen molar-refractivity contribution in [3.63, 3.8) is 0 Å². The fourth-order valence-corrected chi connectivity index (χ4v) is 4.11. The number of halogens is 1. The summed E-state index contributed by atoms with van der Waals surface area (Å²) in [4.78, 5) is 32.9. The summed E-state index contributed by atoms with van der Waals surface area (Å²) in [5, 5.41) is 0.725. The molecule has 1 N–H and O–H groups in total. The van der Waals surface area contributed by atoms with Gasteiger partial charge in [-0.15, -0.1) is 0 Å². The summed E-state index contributed by atoms with van der Waals surface area (Å²) in [6.45, 7) is 10.8. The number of anilines is 1. The Labute approximate surface area is 176 Å². The van der Waals surface area contributed by atoms with E-state index in [0.717, 1.165) is 36.9 Å². The van der Waals surface area contributed by atoms with Gasteiger partial charge in [-0.1, -0.05) is 17.7 Å². The second-order valence-corrected chi connectivity index (χ2v) is 7.83. The molecule has 1 aliphatic heterocycles. The number of aromatic amines is 1. The lowest BCUT2D eigenvalue weighted by atomic mass is 10.0. The van der Waals surface area contributed by atoms with Gasteiger partial charge in [0, 0.05) is 42.6 Å². The third kappa shape index (κ3) is 4.49. The molecule has 0 spiro atoms. The minimum absolute atomic E-state index is 0.00245. The van der Waals surface area contributed by atoms with E-state index >= 15 is 0 Å². The number of ketones is 1. The van der Waals surface area contributed by atoms with Crippen LogP contribution in [-0.4, -0.2) is 60.5 Å². The number of carbonyl (C=O) groups excluding carboxylic acids is 2. The molecule has 6 nitrogen and oxygen atoms in total. The van der Waals surface area contributed by atoms with Gasteiger partial charge in [0.25, 0.3) is 0 Å². The number of ether oxygens (including phenoxy) is 1. The number of piperazine rings is 1. The zero-order valence-corrected chi connectivity index (χ0v) is 18.2. The molecular weight excluding hydrogens is 390 g/mol. The fourth-order valence-electron chi connectivity index (χ4n) is 3.92. The van der Waals surface area contributed by atoms with E-state index in [9.17, 15) is 9.59 Å². The molecule has 0 bridgehead atoms. The van der Waals surface area contributed by atoms with E-state index in [2.05, 4.69) is 20.9 Å². The lowest BCUT2D eigenvalue weighted by molar-refractivity contribution is 0.0525. The molecule has 0 aliphatic carbocycles. The molecule has 0 saturated carbocycles. The second-order valence-electron chi connectivity index (χ2n) is 7.39. The van der Waals surface area contributed by atoms with Gasteiger partial charge in [0.2, 0.25) is 0 Å². The van der Waals surface area contributed by atoms with Crippen LogP contribution in [0.2, 0.25) is 5.02 Å². The van der Waals surface area contributed by atoms with Crippen molar-refractivity contribution in [2.75, 3.05) is 37.7 Å². The fraction of sp³-hybridized carbons (Fsp3) is 0.455. The van der Waals surface area contributed by atoms with Gasteiger partial charge in [0.05, 0.1) is 23.9 Å². The summed E-state index contributed by atoms with van der Waals surface area (Å²) in [5.74, 6) is -0.391. The van der Waals surface area contributed by atoms with Crippen LogP contribution in [0.25, 0.3) is 0 Å². The molecular formula is C22H28ClN3O3. The Hall–Kier alpha value is -2.31. The number of aromatic nitrogens is 1. The highest BCUT2D eigenvalue weighted by Crippen LogP contribution is 2.24. The molecule has 1 saturated heterocycles. The first-order chi connectivity index (χ1) is 13.8. The van der Waals surface area contributed by atoms with E-state index in [1.165, 1.54) is 0 Å². The minimum atomic E-state index is -0.388. The number of Topliss-reactive ketones (excluding diaryl/α,β-unsaturated/α-hetero) is 1. The number of rotatable bonds is 6. The van der Waals surface area contributed by atoms with Gasteiger partial charge >= 0.3 is 5.97 Å². The van der Waals surface area contributed by atoms with Crippen LogP contribution >= 0.6 is 11.6 Å². The monoisotopic (exact) mass is 417 g/mol. The van der Waals surface area contributed by atoms with Crippen LogP contribution in [0.3, 0.4) is 0 Å². The largest absolute Gasteiger partial charge is 0.462 e. The van der Waals surface area contributed by atoms with Crippen molar-refractivity contribution in [2.45, 2.75) is 33.7 Å². The zero-order valence-electron chi connectivity index (χ0n) is 17.4. The molecule has 0 amide bonds. The molecule has 2 heterocycles. The standard InChI is InChI=1S/C22H28ClN3O3/c1-5-29-22(28)19-14(2)20(24-15(19)3)21(27)16(4)25-9-11-26(12-10-25)18-8-6-7-17(23)13-18/h6-8,13,16,24H,5,9-12H2,1-4H3/t16-/m1/s1. The van der Waals surface area contributed by atoms with Gasteiger partial charge in [-0.05, 0) is 51.5 Å². The van der Waals surface area contributed by atoms with Gasteiger partial charge in [-0.25, -0.2) is 4.79 Å². The van der Waals surface area contributed by atoms with Gasteiger partial charge < -0.3 is 14.6 Å². The second kappa shape index (κ2) is 9.01. The van der Waals surface area contributed by atoms with Crippen LogP contribution in [0.4, 0.5) is 5.69 Å². The van der Waals surface area contributed by atoms with E-state index in [0.29, 0.717) is 29.1 Å². The molecule has 1 aromatic carbocycles. The number of nitrogens with one attached hydrogen (secondary N) is 1. The minimum Gasteiger partial charge on any atom is -0.462 e. The highest BCUT2D eigenvalue weighted by Gasteiger charge is 2.30. The van der Waals surface area contributed by atoms with Crippen molar-refractivity contribution in [3.8, 4) is 0 Å². The van der Waals surface area contributed by atoms with Crippen LogP contribution in [0.1, 0.15) is 46.0 Å². The lowest BCUT2D eigenvalue weighted by Crippen LogP contribution is -2.51. The Morgan fingerprint density at radius 2 is 1.90 bits per heavy atom. The van der Waals surface area contributed by atoms with Crippen molar-refractivity contribution < 1.29 is 14.3 Å². The van der Waals surface area contributed by atoms with E-state index in [4.69, 9.17) is 16.3 Å². The first-order valence-corrected chi connectivity index (χ1v) is 10.4. The van der Waals surface area contributed by atoms with Gasteiger partial charge in [-0.2, -0.15) is 0 Å². The van der Waals surface area contributed by atoms with Crippen LogP contribution < -0.4 is 4.90 Å². The van der Waals surface area contributed by atoms with E-state index in [1.807, 2.05) is 25.1 Å². The molecule has 1 aliphatic rings. The molecule has 3 rings (SSSR count). The number of benzene rings is 1. The molecule has 1 aromatic heterocycles. The Kier molecular flexibility index (Phi) is 6.65. The van der Waals surface area contributed by atoms with Gasteiger partial charge in [0.15, 0.2) is 5.78 Å². The molecule has 29 heavy (non-hydrogen) atoms. The summed E-state index contributed by atoms with van der Waals surface area (Å²) < 4.78 is 5.13. The van der Waals surface area contributed by atoms with Crippen molar-refractivity contribution in [2.24, 2.45) is 0 Å². The number of carbonyl (C=O) groups is 2. The first kappa shape index (κ1) is 21.4.